The fourth-order valence-electron chi connectivity index (χ4n) is 2.24. The molecule has 0 saturated carbocycles. The first-order chi connectivity index (χ1) is 12.0. The smallest absolute Gasteiger partial charge is 0.418 e. The third kappa shape index (κ3) is 5.37. The van der Waals surface area contributed by atoms with Gasteiger partial charge in [0.2, 0.25) is 5.91 Å². The normalized spacial score (nSPS) is 11.9. The van der Waals surface area contributed by atoms with Crippen LogP contribution in [0.15, 0.2) is 41.2 Å². The van der Waals surface area contributed by atoms with Gasteiger partial charge >= 0.3 is 6.18 Å². The zero-order chi connectivity index (χ0) is 19.5. The number of alkyl halides is 3. The second kappa shape index (κ2) is 7.23. The summed E-state index contributed by atoms with van der Waals surface area (Å²) in [5, 5.41) is 4.66. The van der Waals surface area contributed by atoms with Gasteiger partial charge in [0.15, 0.2) is 0 Å². The first-order valence-corrected chi connectivity index (χ1v) is 7.80. The number of rotatable bonds is 4. The van der Waals surface area contributed by atoms with Crippen molar-refractivity contribution in [3.63, 3.8) is 0 Å². The molecule has 26 heavy (non-hydrogen) atoms. The molecule has 140 valence electrons. The van der Waals surface area contributed by atoms with E-state index in [-0.39, 0.29) is 28.8 Å². The lowest BCUT2D eigenvalue weighted by Gasteiger charge is -2.19. The molecule has 0 aliphatic heterocycles. The maximum Gasteiger partial charge on any atom is 0.418 e. The van der Waals surface area contributed by atoms with E-state index >= 15 is 0 Å². The van der Waals surface area contributed by atoms with E-state index < -0.39 is 23.6 Å². The first kappa shape index (κ1) is 19.6. The van der Waals surface area contributed by atoms with E-state index in [0.717, 1.165) is 12.1 Å². The maximum absolute atomic E-state index is 13.3. The standard InChI is InChI=1S/C18H19F3N2O3/c1-17(2,3)9-15(24)23-14-5-4-12(8-13(14)18(19,20)21)22-16(25)11-6-7-26-10-11/h4-8,10H,9H2,1-3H3,(H,22,25)(H,23,24). The van der Waals surface area contributed by atoms with E-state index in [9.17, 15) is 22.8 Å². The third-order valence-electron chi connectivity index (χ3n) is 3.33. The Bertz CT molecular complexity index is 791. The molecule has 2 aromatic rings. The first-order valence-electron chi connectivity index (χ1n) is 7.80. The molecule has 0 radical (unpaired) electrons. The summed E-state index contributed by atoms with van der Waals surface area (Å²) in [4.78, 5) is 23.9. The van der Waals surface area contributed by atoms with Crippen LogP contribution >= 0.6 is 0 Å². The van der Waals surface area contributed by atoms with Gasteiger partial charge in [-0.1, -0.05) is 20.8 Å². The van der Waals surface area contributed by atoms with Gasteiger partial charge in [0, 0.05) is 12.1 Å². The zero-order valence-corrected chi connectivity index (χ0v) is 14.5. The number of nitrogens with one attached hydrogen (secondary N) is 2. The van der Waals surface area contributed by atoms with Gasteiger partial charge < -0.3 is 15.1 Å². The lowest BCUT2D eigenvalue weighted by Crippen LogP contribution is -2.22. The minimum absolute atomic E-state index is 0.0441. The van der Waals surface area contributed by atoms with Crippen molar-refractivity contribution < 1.29 is 27.2 Å². The molecule has 0 bridgehead atoms. The average molecular weight is 368 g/mol. The highest BCUT2D eigenvalue weighted by Gasteiger charge is 2.34. The van der Waals surface area contributed by atoms with Gasteiger partial charge in [-0.2, -0.15) is 13.2 Å². The van der Waals surface area contributed by atoms with Crippen molar-refractivity contribution in [3.05, 3.63) is 47.9 Å². The van der Waals surface area contributed by atoms with Crippen LogP contribution in [0.4, 0.5) is 24.5 Å². The van der Waals surface area contributed by atoms with Gasteiger partial charge in [-0.25, -0.2) is 0 Å². The molecule has 8 heteroatoms. The molecule has 0 unspecified atom stereocenters. The number of amides is 2. The topological polar surface area (TPSA) is 71.3 Å². The number of benzene rings is 1. The minimum Gasteiger partial charge on any atom is -0.472 e. The van der Waals surface area contributed by atoms with E-state index in [4.69, 9.17) is 4.42 Å². The number of anilines is 2. The molecule has 0 spiro atoms. The van der Waals surface area contributed by atoms with E-state index in [1.807, 2.05) is 20.8 Å². The molecule has 0 aliphatic carbocycles. The Labute approximate surface area is 148 Å². The van der Waals surface area contributed by atoms with Gasteiger partial charge in [-0.05, 0) is 29.7 Å². The summed E-state index contributed by atoms with van der Waals surface area (Å²) in [7, 11) is 0. The molecule has 0 atom stereocenters. The monoisotopic (exact) mass is 368 g/mol. The average Bonchev–Trinajstić information content (AvgIpc) is 3.00. The van der Waals surface area contributed by atoms with Gasteiger partial charge in [0.1, 0.15) is 6.26 Å². The van der Waals surface area contributed by atoms with Gasteiger partial charge in [0.25, 0.3) is 5.91 Å². The predicted octanol–water partition coefficient (Wildman–Crippen LogP) is 4.93. The highest BCUT2D eigenvalue weighted by molar-refractivity contribution is 6.04. The van der Waals surface area contributed by atoms with E-state index in [1.54, 1.807) is 0 Å². The molecule has 0 saturated heterocycles. The highest BCUT2D eigenvalue weighted by Crippen LogP contribution is 2.37. The van der Waals surface area contributed by atoms with Crippen LogP contribution in [0, 0.1) is 5.41 Å². The van der Waals surface area contributed by atoms with Crippen LogP contribution in [0.25, 0.3) is 0 Å². The van der Waals surface area contributed by atoms with Crippen LogP contribution in [0.3, 0.4) is 0 Å². The number of carbonyl (C=O) groups excluding carboxylic acids is 2. The fourth-order valence-corrected chi connectivity index (χ4v) is 2.24. The van der Waals surface area contributed by atoms with E-state index in [0.29, 0.717) is 0 Å². The Morgan fingerprint density at radius 3 is 2.31 bits per heavy atom. The molecule has 0 fully saturated rings. The van der Waals surface area contributed by atoms with Crippen molar-refractivity contribution in [3.8, 4) is 0 Å². The van der Waals surface area contributed by atoms with Gasteiger partial charge in [-0.15, -0.1) is 0 Å². The second-order valence-electron chi connectivity index (χ2n) is 7.01. The van der Waals surface area contributed by atoms with Crippen LogP contribution in [0.2, 0.25) is 0 Å². The van der Waals surface area contributed by atoms with Crippen molar-refractivity contribution in [1.82, 2.24) is 0 Å². The Morgan fingerprint density at radius 1 is 1.08 bits per heavy atom. The summed E-state index contributed by atoms with van der Waals surface area (Å²) < 4.78 is 44.8. The summed E-state index contributed by atoms with van der Waals surface area (Å²) in [5.74, 6) is -1.12. The largest absolute Gasteiger partial charge is 0.472 e. The lowest BCUT2D eigenvalue weighted by molar-refractivity contribution is -0.136. The van der Waals surface area contributed by atoms with E-state index in [2.05, 4.69) is 10.6 Å². The molecule has 2 amide bonds. The van der Waals surface area contributed by atoms with Crippen LogP contribution < -0.4 is 10.6 Å². The molecular weight excluding hydrogens is 349 g/mol. The molecule has 5 nitrogen and oxygen atoms in total. The fraction of sp³-hybridized carbons (Fsp3) is 0.333. The number of halogens is 3. The number of furan rings is 1. The number of hydrogen-bond acceptors (Lipinski definition) is 3. The summed E-state index contributed by atoms with van der Waals surface area (Å²) >= 11 is 0. The predicted molar refractivity (Wildman–Crippen MR) is 90.8 cm³/mol. The second-order valence-corrected chi connectivity index (χ2v) is 7.01. The Kier molecular flexibility index (Phi) is 5.44. The van der Waals surface area contributed by atoms with Crippen molar-refractivity contribution >= 4 is 23.2 Å². The Balaban J connectivity index is 2.24. The molecule has 1 aromatic heterocycles. The molecular formula is C18H19F3N2O3. The Hall–Kier alpha value is -2.77. The molecule has 2 rings (SSSR count). The third-order valence-corrected chi connectivity index (χ3v) is 3.33. The van der Waals surface area contributed by atoms with Crippen LogP contribution in [-0.2, 0) is 11.0 Å². The summed E-state index contributed by atoms with van der Waals surface area (Å²) in [6.07, 6.45) is -2.16. The SMILES string of the molecule is CC(C)(C)CC(=O)Nc1ccc(NC(=O)c2ccoc2)cc1C(F)(F)F. The molecule has 0 aliphatic rings. The summed E-state index contributed by atoms with van der Waals surface area (Å²) in [6, 6.07) is 4.58. The maximum atomic E-state index is 13.3. The molecule has 1 heterocycles. The minimum atomic E-state index is -4.69. The summed E-state index contributed by atoms with van der Waals surface area (Å²) in [5.41, 5.74) is -1.61. The zero-order valence-electron chi connectivity index (χ0n) is 14.5. The molecule has 2 N–H and O–H groups in total. The number of hydrogen-bond donors (Lipinski definition) is 2. The van der Waals surface area contributed by atoms with Crippen LogP contribution in [0.1, 0.15) is 43.1 Å². The lowest BCUT2D eigenvalue weighted by atomic mass is 9.92. The van der Waals surface area contributed by atoms with Crippen molar-refractivity contribution in [1.29, 1.82) is 0 Å². The quantitative estimate of drug-likeness (QED) is 0.804. The highest BCUT2D eigenvalue weighted by atomic mass is 19.4. The van der Waals surface area contributed by atoms with Gasteiger partial charge in [0.05, 0.1) is 23.1 Å². The van der Waals surface area contributed by atoms with Crippen molar-refractivity contribution in [2.24, 2.45) is 5.41 Å². The number of carbonyl (C=O) groups is 2. The molecule has 1 aromatic carbocycles. The summed E-state index contributed by atoms with van der Waals surface area (Å²) in [6.45, 7) is 5.43. The van der Waals surface area contributed by atoms with Gasteiger partial charge in [-0.3, -0.25) is 9.59 Å². The van der Waals surface area contributed by atoms with Crippen molar-refractivity contribution in [2.45, 2.75) is 33.4 Å². The van der Waals surface area contributed by atoms with Crippen LogP contribution in [0.5, 0.6) is 0 Å². The van der Waals surface area contributed by atoms with Crippen molar-refractivity contribution in [2.75, 3.05) is 10.6 Å². The van der Waals surface area contributed by atoms with E-state index in [1.165, 1.54) is 24.7 Å². The van der Waals surface area contributed by atoms with Crippen LogP contribution in [-0.4, -0.2) is 11.8 Å². The Morgan fingerprint density at radius 2 is 1.77 bits per heavy atom.